The highest BCUT2D eigenvalue weighted by Gasteiger charge is 2.26. The summed E-state index contributed by atoms with van der Waals surface area (Å²) in [6.45, 7) is 1.91. The first-order valence-electron chi connectivity index (χ1n) is 7.45. The predicted molar refractivity (Wildman–Crippen MR) is 88.1 cm³/mol. The zero-order valence-corrected chi connectivity index (χ0v) is 14.0. The van der Waals surface area contributed by atoms with E-state index < -0.39 is 11.6 Å². The van der Waals surface area contributed by atoms with E-state index in [0.717, 1.165) is 5.56 Å². The Morgan fingerprint density at radius 1 is 1.21 bits per heavy atom. The number of carbonyl (C=O) groups excluding carboxylic acids is 1. The van der Waals surface area contributed by atoms with E-state index in [9.17, 15) is 9.90 Å². The van der Waals surface area contributed by atoms with Crippen molar-refractivity contribution in [1.29, 1.82) is 0 Å². The van der Waals surface area contributed by atoms with Crippen molar-refractivity contribution in [2.24, 2.45) is 0 Å². The molecule has 2 amide bonds. The summed E-state index contributed by atoms with van der Waals surface area (Å²) in [6.07, 6.45) is 1.47. The summed E-state index contributed by atoms with van der Waals surface area (Å²) in [7, 11) is 3.12. The quantitative estimate of drug-likeness (QED) is 0.720. The van der Waals surface area contributed by atoms with Crippen LogP contribution in [0, 0.1) is 0 Å². The molecule has 0 spiro atoms. The molecule has 24 heavy (non-hydrogen) atoms. The molecule has 1 aromatic heterocycles. The third-order valence-corrected chi connectivity index (χ3v) is 3.55. The first kappa shape index (κ1) is 17.7. The number of methoxy groups -OCH3 is 2. The van der Waals surface area contributed by atoms with E-state index >= 15 is 0 Å². The molecule has 0 radical (unpaired) electrons. The molecule has 1 heterocycles. The molecule has 1 atom stereocenters. The second kappa shape index (κ2) is 7.74. The Hall–Kier alpha value is -2.67. The van der Waals surface area contributed by atoms with Crippen molar-refractivity contribution in [3.05, 3.63) is 47.9 Å². The van der Waals surface area contributed by atoms with Gasteiger partial charge >= 0.3 is 6.03 Å². The van der Waals surface area contributed by atoms with Crippen molar-refractivity contribution in [2.45, 2.75) is 19.1 Å². The van der Waals surface area contributed by atoms with Crippen LogP contribution in [-0.4, -0.2) is 31.9 Å². The molecule has 0 saturated heterocycles. The fourth-order valence-electron chi connectivity index (χ4n) is 2.16. The Balaban J connectivity index is 1.85. The van der Waals surface area contributed by atoms with Gasteiger partial charge in [-0.2, -0.15) is 0 Å². The Labute approximate surface area is 140 Å². The highest BCUT2D eigenvalue weighted by atomic mass is 16.5. The van der Waals surface area contributed by atoms with Crippen LogP contribution >= 0.6 is 0 Å². The Morgan fingerprint density at radius 3 is 2.58 bits per heavy atom. The molecule has 0 aliphatic carbocycles. The minimum Gasteiger partial charge on any atom is -0.493 e. The molecule has 0 bridgehead atoms. The largest absolute Gasteiger partial charge is 0.493 e. The minimum absolute atomic E-state index is 0.0261. The standard InChI is InChI=1S/C17H22N2O5/c1-17(21,15-5-4-8-24-15)11-19-16(20)18-10-12-6-7-13(22-2)14(9-12)23-3/h4-9,21H,10-11H2,1-3H3,(H2,18,19,20). The molecule has 2 aromatic rings. The van der Waals surface area contributed by atoms with Crippen molar-refractivity contribution in [1.82, 2.24) is 10.6 Å². The third kappa shape index (κ3) is 4.42. The number of amides is 2. The second-order valence-corrected chi connectivity index (χ2v) is 5.48. The molecular weight excluding hydrogens is 312 g/mol. The van der Waals surface area contributed by atoms with E-state index in [1.54, 1.807) is 45.4 Å². The van der Waals surface area contributed by atoms with Crippen LogP contribution in [0.5, 0.6) is 11.5 Å². The molecule has 7 heteroatoms. The second-order valence-electron chi connectivity index (χ2n) is 5.48. The molecule has 1 aromatic carbocycles. The summed E-state index contributed by atoms with van der Waals surface area (Å²) in [5.41, 5.74) is -0.412. The van der Waals surface area contributed by atoms with E-state index in [1.165, 1.54) is 6.26 Å². The highest BCUT2D eigenvalue weighted by Crippen LogP contribution is 2.27. The lowest BCUT2D eigenvalue weighted by Gasteiger charge is -2.21. The fourth-order valence-corrected chi connectivity index (χ4v) is 2.16. The molecule has 2 rings (SSSR count). The van der Waals surface area contributed by atoms with Gasteiger partial charge in [0.25, 0.3) is 0 Å². The maximum absolute atomic E-state index is 11.9. The van der Waals surface area contributed by atoms with Gasteiger partial charge in [0.1, 0.15) is 11.4 Å². The van der Waals surface area contributed by atoms with Gasteiger partial charge in [0.2, 0.25) is 0 Å². The number of urea groups is 1. The van der Waals surface area contributed by atoms with Crippen LogP contribution in [0.4, 0.5) is 4.79 Å². The van der Waals surface area contributed by atoms with Crippen LogP contribution in [-0.2, 0) is 12.1 Å². The van der Waals surface area contributed by atoms with E-state index in [1.807, 2.05) is 6.07 Å². The van der Waals surface area contributed by atoms with Gasteiger partial charge < -0.3 is 29.6 Å². The zero-order chi connectivity index (χ0) is 17.6. The number of hydrogen-bond donors (Lipinski definition) is 3. The molecule has 130 valence electrons. The summed E-state index contributed by atoms with van der Waals surface area (Å²) in [6, 6.07) is 8.34. The molecule has 0 fully saturated rings. The molecule has 0 saturated carbocycles. The van der Waals surface area contributed by atoms with Crippen LogP contribution in [0.1, 0.15) is 18.2 Å². The van der Waals surface area contributed by atoms with Crippen molar-refractivity contribution in [3.63, 3.8) is 0 Å². The lowest BCUT2D eigenvalue weighted by atomic mass is 10.0. The SMILES string of the molecule is COc1ccc(CNC(=O)NCC(C)(O)c2ccco2)cc1OC. The molecule has 1 unspecified atom stereocenters. The number of ether oxygens (including phenoxy) is 2. The van der Waals surface area contributed by atoms with Crippen LogP contribution < -0.4 is 20.1 Å². The highest BCUT2D eigenvalue weighted by molar-refractivity contribution is 5.74. The van der Waals surface area contributed by atoms with Gasteiger partial charge in [-0.05, 0) is 36.8 Å². The number of furan rings is 1. The lowest BCUT2D eigenvalue weighted by Crippen LogP contribution is -2.43. The fraction of sp³-hybridized carbons (Fsp3) is 0.353. The Bertz CT molecular complexity index is 668. The predicted octanol–water partition coefficient (Wildman–Crippen LogP) is 2.00. The van der Waals surface area contributed by atoms with Crippen LogP contribution in [0.15, 0.2) is 41.0 Å². The Morgan fingerprint density at radius 2 is 1.96 bits per heavy atom. The van der Waals surface area contributed by atoms with E-state index in [0.29, 0.717) is 23.8 Å². The number of carbonyl (C=O) groups is 1. The Kier molecular flexibility index (Phi) is 5.70. The van der Waals surface area contributed by atoms with Crippen molar-refractivity contribution >= 4 is 6.03 Å². The summed E-state index contributed by atoms with van der Waals surface area (Å²) in [5.74, 6) is 1.61. The van der Waals surface area contributed by atoms with Gasteiger partial charge in [-0.15, -0.1) is 0 Å². The van der Waals surface area contributed by atoms with Crippen molar-refractivity contribution < 1.29 is 23.8 Å². The van der Waals surface area contributed by atoms with Gasteiger partial charge in [0.15, 0.2) is 11.5 Å². The number of nitrogens with one attached hydrogen (secondary N) is 2. The van der Waals surface area contributed by atoms with Gasteiger partial charge in [-0.25, -0.2) is 4.79 Å². The molecule has 0 aliphatic rings. The monoisotopic (exact) mass is 334 g/mol. The van der Waals surface area contributed by atoms with Crippen molar-refractivity contribution in [3.8, 4) is 11.5 Å². The number of rotatable bonds is 7. The van der Waals surface area contributed by atoms with E-state index in [2.05, 4.69) is 10.6 Å². The van der Waals surface area contributed by atoms with Gasteiger partial charge in [-0.3, -0.25) is 0 Å². The normalized spacial score (nSPS) is 13.0. The van der Waals surface area contributed by atoms with Crippen molar-refractivity contribution in [2.75, 3.05) is 20.8 Å². The molecule has 7 nitrogen and oxygen atoms in total. The summed E-state index contributed by atoms with van der Waals surface area (Å²) in [4.78, 5) is 11.9. The van der Waals surface area contributed by atoms with Crippen LogP contribution in [0.3, 0.4) is 0 Å². The average molecular weight is 334 g/mol. The average Bonchev–Trinajstić information content (AvgIpc) is 3.13. The van der Waals surface area contributed by atoms with Gasteiger partial charge in [-0.1, -0.05) is 6.07 Å². The summed E-state index contributed by atoms with van der Waals surface area (Å²) < 4.78 is 15.5. The molecule has 3 N–H and O–H groups in total. The minimum atomic E-state index is -1.27. The smallest absolute Gasteiger partial charge is 0.315 e. The summed E-state index contributed by atoms with van der Waals surface area (Å²) >= 11 is 0. The topological polar surface area (TPSA) is 93.0 Å². The maximum atomic E-state index is 11.9. The first-order valence-corrected chi connectivity index (χ1v) is 7.45. The zero-order valence-electron chi connectivity index (χ0n) is 14.0. The first-order chi connectivity index (χ1) is 11.5. The van der Waals surface area contributed by atoms with E-state index in [4.69, 9.17) is 13.9 Å². The molecule has 0 aliphatic heterocycles. The summed E-state index contributed by atoms with van der Waals surface area (Å²) in [5, 5.41) is 15.6. The van der Waals surface area contributed by atoms with Gasteiger partial charge in [0.05, 0.1) is 27.0 Å². The number of benzene rings is 1. The van der Waals surface area contributed by atoms with Gasteiger partial charge in [0, 0.05) is 6.54 Å². The number of hydrogen-bond acceptors (Lipinski definition) is 5. The maximum Gasteiger partial charge on any atom is 0.315 e. The lowest BCUT2D eigenvalue weighted by molar-refractivity contribution is 0.0367. The number of aliphatic hydroxyl groups is 1. The van der Waals surface area contributed by atoms with Crippen LogP contribution in [0.2, 0.25) is 0 Å². The van der Waals surface area contributed by atoms with E-state index in [-0.39, 0.29) is 6.54 Å². The van der Waals surface area contributed by atoms with Crippen LogP contribution in [0.25, 0.3) is 0 Å². The third-order valence-electron chi connectivity index (χ3n) is 3.55. The molecular formula is C17H22N2O5.